The van der Waals surface area contributed by atoms with Crippen molar-refractivity contribution in [3.05, 3.63) is 46.6 Å². The van der Waals surface area contributed by atoms with Crippen LogP contribution in [-0.2, 0) is 0 Å². The van der Waals surface area contributed by atoms with Gasteiger partial charge in [0.15, 0.2) is 5.15 Å². The molecule has 0 saturated carbocycles. The minimum absolute atomic E-state index is 0.327. The molecular formula is C10H6Cl2N2O. The lowest BCUT2D eigenvalue weighted by Gasteiger charge is -2.03. The van der Waals surface area contributed by atoms with Crippen LogP contribution in [0.25, 0.3) is 0 Å². The molecule has 1 heterocycles. The lowest BCUT2D eigenvalue weighted by Crippen LogP contribution is -1.89. The van der Waals surface area contributed by atoms with Gasteiger partial charge in [-0.15, -0.1) is 10.2 Å². The first-order valence-electron chi connectivity index (χ1n) is 4.17. The van der Waals surface area contributed by atoms with Crippen molar-refractivity contribution in [3.8, 4) is 11.6 Å². The van der Waals surface area contributed by atoms with Crippen LogP contribution < -0.4 is 4.74 Å². The number of hydrogen-bond donors (Lipinski definition) is 0. The van der Waals surface area contributed by atoms with Crippen LogP contribution in [-0.4, -0.2) is 10.2 Å². The van der Waals surface area contributed by atoms with Gasteiger partial charge in [0.05, 0.1) is 0 Å². The van der Waals surface area contributed by atoms with Gasteiger partial charge in [0.1, 0.15) is 5.75 Å². The van der Waals surface area contributed by atoms with Crippen LogP contribution in [0.1, 0.15) is 0 Å². The van der Waals surface area contributed by atoms with Crippen LogP contribution in [0.5, 0.6) is 11.6 Å². The van der Waals surface area contributed by atoms with Crippen LogP contribution >= 0.6 is 23.2 Å². The summed E-state index contributed by atoms with van der Waals surface area (Å²) < 4.78 is 5.40. The van der Waals surface area contributed by atoms with Crippen molar-refractivity contribution >= 4 is 23.2 Å². The Bertz CT molecular complexity index is 459. The van der Waals surface area contributed by atoms with E-state index >= 15 is 0 Å². The van der Waals surface area contributed by atoms with E-state index in [1.807, 2.05) is 0 Å². The second kappa shape index (κ2) is 4.47. The highest BCUT2D eigenvalue weighted by Crippen LogP contribution is 2.22. The van der Waals surface area contributed by atoms with E-state index in [9.17, 15) is 0 Å². The highest BCUT2D eigenvalue weighted by Gasteiger charge is 1.99. The Balaban J connectivity index is 2.18. The van der Waals surface area contributed by atoms with E-state index in [2.05, 4.69) is 10.2 Å². The summed E-state index contributed by atoms with van der Waals surface area (Å²) >= 11 is 11.4. The van der Waals surface area contributed by atoms with Crippen molar-refractivity contribution in [1.82, 2.24) is 10.2 Å². The normalized spacial score (nSPS) is 10.0. The summed E-state index contributed by atoms with van der Waals surface area (Å²) in [5.41, 5.74) is 0. The summed E-state index contributed by atoms with van der Waals surface area (Å²) in [4.78, 5) is 0. The molecule has 0 aliphatic rings. The molecule has 0 fully saturated rings. The first-order valence-corrected chi connectivity index (χ1v) is 4.92. The molecule has 3 nitrogen and oxygen atoms in total. The Morgan fingerprint density at radius 1 is 1.00 bits per heavy atom. The topological polar surface area (TPSA) is 35.0 Å². The molecule has 0 saturated heterocycles. The SMILES string of the molecule is Clc1cccc(Oc2ccc(Cl)nn2)c1. The molecule has 0 aliphatic carbocycles. The van der Waals surface area contributed by atoms with Crippen LogP contribution in [0.3, 0.4) is 0 Å². The standard InChI is InChI=1S/C10H6Cl2N2O/c11-7-2-1-3-8(6-7)15-10-5-4-9(12)13-14-10/h1-6H. The Hall–Kier alpha value is -1.32. The van der Waals surface area contributed by atoms with Gasteiger partial charge in [-0.05, 0) is 24.3 Å². The minimum Gasteiger partial charge on any atom is -0.437 e. The maximum Gasteiger partial charge on any atom is 0.238 e. The van der Waals surface area contributed by atoms with Gasteiger partial charge in [0.25, 0.3) is 0 Å². The summed E-state index contributed by atoms with van der Waals surface area (Å²) in [6.07, 6.45) is 0. The number of aromatic nitrogens is 2. The molecule has 76 valence electrons. The van der Waals surface area contributed by atoms with E-state index in [-0.39, 0.29) is 0 Å². The largest absolute Gasteiger partial charge is 0.437 e. The zero-order valence-electron chi connectivity index (χ0n) is 7.52. The van der Waals surface area contributed by atoms with Crippen LogP contribution in [0, 0.1) is 0 Å². The molecule has 0 atom stereocenters. The highest BCUT2D eigenvalue weighted by molar-refractivity contribution is 6.30. The molecule has 0 radical (unpaired) electrons. The van der Waals surface area contributed by atoms with Gasteiger partial charge >= 0.3 is 0 Å². The maximum atomic E-state index is 5.80. The van der Waals surface area contributed by atoms with Crippen LogP contribution in [0.2, 0.25) is 10.2 Å². The van der Waals surface area contributed by atoms with Crippen LogP contribution in [0.15, 0.2) is 36.4 Å². The average Bonchev–Trinajstić information content (AvgIpc) is 2.22. The molecular weight excluding hydrogens is 235 g/mol. The first-order chi connectivity index (χ1) is 7.24. The van der Waals surface area contributed by atoms with Gasteiger partial charge in [-0.25, -0.2) is 0 Å². The van der Waals surface area contributed by atoms with Crippen LogP contribution in [0.4, 0.5) is 0 Å². The number of halogens is 2. The molecule has 2 rings (SSSR count). The number of rotatable bonds is 2. The van der Waals surface area contributed by atoms with Crippen molar-refractivity contribution in [3.63, 3.8) is 0 Å². The fourth-order valence-corrected chi connectivity index (χ4v) is 1.29. The third-order valence-electron chi connectivity index (χ3n) is 1.63. The molecule has 5 heteroatoms. The van der Waals surface area contributed by atoms with E-state index < -0.39 is 0 Å². The zero-order chi connectivity index (χ0) is 10.7. The van der Waals surface area contributed by atoms with E-state index in [4.69, 9.17) is 27.9 Å². The lowest BCUT2D eigenvalue weighted by atomic mass is 10.3. The van der Waals surface area contributed by atoms with E-state index in [1.165, 1.54) is 0 Å². The predicted octanol–water partition coefficient (Wildman–Crippen LogP) is 3.58. The number of benzene rings is 1. The molecule has 0 spiro atoms. The Morgan fingerprint density at radius 2 is 1.87 bits per heavy atom. The number of hydrogen-bond acceptors (Lipinski definition) is 3. The van der Waals surface area contributed by atoms with E-state index in [0.29, 0.717) is 21.8 Å². The summed E-state index contributed by atoms with van der Waals surface area (Å²) in [5, 5.41) is 8.34. The molecule has 0 N–H and O–H groups in total. The zero-order valence-corrected chi connectivity index (χ0v) is 9.03. The van der Waals surface area contributed by atoms with Gasteiger partial charge < -0.3 is 4.74 Å². The van der Waals surface area contributed by atoms with Gasteiger partial charge in [-0.2, -0.15) is 0 Å². The van der Waals surface area contributed by atoms with Crippen molar-refractivity contribution in [2.45, 2.75) is 0 Å². The molecule has 0 aliphatic heterocycles. The van der Waals surface area contributed by atoms with Gasteiger partial charge in [-0.1, -0.05) is 29.3 Å². The Kier molecular flexibility index (Phi) is 3.04. The first kappa shape index (κ1) is 10.2. The fourth-order valence-electron chi connectivity index (χ4n) is 1.01. The van der Waals surface area contributed by atoms with Crippen molar-refractivity contribution in [1.29, 1.82) is 0 Å². The lowest BCUT2D eigenvalue weighted by molar-refractivity contribution is 0.455. The third-order valence-corrected chi connectivity index (χ3v) is 2.06. The van der Waals surface area contributed by atoms with E-state index in [0.717, 1.165) is 0 Å². The minimum atomic E-state index is 0.327. The summed E-state index contributed by atoms with van der Waals surface area (Å²) in [6.45, 7) is 0. The maximum absolute atomic E-state index is 5.80. The van der Waals surface area contributed by atoms with Gasteiger partial charge in [0.2, 0.25) is 5.88 Å². The molecule has 1 aromatic carbocycles. The summed E-state index contributed by atoms with van der Waals surface area (Å²) in [6, 6.07) is 10.3. The Labute approximate surface area is 96.6 Å². The molecule has 15 heavy (non-hydrogen) atoms. The smallest absolute Gasteiger partial charge is 0.238 e. The van der Waals surface area contributed by atoms with Crippen molar-refractivity contribution in [2.24, 2.45) is 0 Å². The molecule has 1 aromatic heterocycles. The second-order valence-electron chi connectivity index (χ2n) is 2.75. The molecule has 2 aromatic rings. The van der Waals surface area contributed by atoms with Gasteiger partial charge in [0, 0.05) is 11.1 Å². The highest BCUT2D eigenvalue weighted by atomic mass is 35.5. The summed E-state index contributed by atoms with van der Waals surface area (Å²) in [5.74, 6) is 0.987. The summed E-state index contributed by atoms with van der Waals surface area (Å²) in [7, 11) is 0. The van der Waals surface area contributed by atoms with Crippen molar-refractivity contribution in [2.75, 3.05) is 0 Å². The monoisotopic (exact) mass is 240 g/mol. The number of ether oxygens (including phenoxy) is 1. The van der Waals surface area contributed by atoms with E-state index in [1.54, 1.807) is 36.4 Å². The second-order valence-corrected chi connectivity index (χ2v) is 3.58. The molecule has 0 bridgehead atoms. The quantitative estimate of drug-likeness (QED) is 0.805. The molecule has 0 amide bonds. The fraction of sp³-hybridized carbons (Fsp3) is 0. The Morgan fingerprint density at radius 3 is 2.53 bits per heavy atom. The van der Waals surface area contributed by atoms with Crippen molar-refractivity contribution < 1.29 is 4.74 Å². The number of nitrogens with zero attached hydrogens (tertiary/aromatic N) is 2. The third kappa shape index (κ3) is 2.81. The average molecular weight is 241 g/mol. The molecule has 0 unspecified atom stereocenters. The van der Waals surface area contributed by atoms with Gasteiger partial charge in [-0.3, -0.25) is 0 Å². The predicted molar refractivity (Wildman–Crippen MR) is 58.6 cm³/mol.